The largest absolute Gasteiger partial charge is 0.394 e. The highest BCUT2D eigenvalue weighted by molar-refractivity contribution is 4.54. The van der Waals surface area contributed by atoms with Gasteiger partial charge >= 0.3 is 0 Å². The average molecular weight is 230 g/mol. The second kappa shape index (κ2) is 7.25. The lowest BCUT2D eigenvalue weighted by molar-refractivity contribution is -0.914. The van der Waals surface area contributed by atoms with Crippen molar-refractivity contribution in [1.82, 2.24) is 0 Å². The van der Waals surface area contributed by atoms with E-state index in [1.807, 2.05) is 0 Å². The van der Waals surface area contributed by atoms with Crippen LogP contribution in [0.3, 0.4) is 0 Å². The zero-order valence-electron chi connectivity index (χ0n) is 11.0. The maximum Gasteiger partial charge on any atom is 0.0806 e. The van der Waals surface area contributed by atoms with Crippen molar-refractivity contribution in [3.63, 3.8) is 0 Å². The van der Waals surface area contributed by atoms with Crippen molar-refractivity contribution in [2.75, 3.05) is 39.9 Å². The first-order valence-electron chi connectivity index (χ1n) is 6.76. The molecule has 1 saturated heterocycles. The lowest BCUT2D eigenvalue weighted by atomic mass is 10.1. The Hall–Kier alpha value is -0.120. The standard InChI is InChI=1S/C13H28NO2/c1-3-13(12-15)16-11-7-10-14(2)8-5-4-6-9-14/h13,15H,3-12H2,1-2H3/q+1. The first-order chi connectivity index (χ1) is 7.70. The van der Waals surface area contributed by atoms with Crippen molar-refractivity contribution in [2.24, 2.45) is 0 Å². The minimum absolute atomic E-state index is 0.0478. The van der Waals surface area contributed by atoms with Crippen LogP contribution in [-0.4, -0.2) is 55.6 Å². The maximum atomic E-state index is 9.00. The van der Waals surface area contributed by atoms with Crippen molar-refractivity contribution in [3.8, 4) is 0 Å². The molecule has 0 aliphatic carbocycles. The number of aliphatic hydroxyl groups is 1. The molecule has 3 nitrogen and oxygen atoms in total. The van der Waals surface area contributed by atoms with Crippen molar-refractivity contribution < 1.29 is 14.3 Å². The van der Waals surface area contributed by atoms with Gasteiger partial charge < -0.3 is 14.3 Å². The van der Waals surface area contributed by atoms with Gasteiger partial charge in [0.15, 0.2) is 0 Å². The molecule has 1 atom stereocenters. The van der Waals surface area contributed by atoms with Crippen molar-refractivity contribution >= 4 is 0 Å². The molecule has 1 unspecified atom stereocenters. The van der Waals surface area contributed by atoms with E-state index in [0.29, 0.717) is 0 Å². The average Bonchev–Trinajstić information content (AvgIpc) is 2.30. The van der Waals surface area contributed by atoms with Crippen LogP contribution in [0.25, 0.3) is 0 Å². The van der Waals surface area contributed by atoms with E-state index in [4.69, 9.17) is 9.84 Å². The molecule has 0 radical (unpaired) electrons. The molecule has 1 heterocycles. The van der Waals surface area contributed by atoms with Crippen LogP contribution in [0.4, 0.5) is 0 Å². The van der Waals surface area contributed by atoms with Gasteiger partial charge in [-0.3, -0.25) is 0 Å². The minimum Gasteiger partial charge on any atom is -0.394 e. The third-order valence-electron chi connectivity index (χ3n) is 3.75. The molecule has 1 fully saturated rings. The van der Waals surface area contributed by atoms with Gasteiger partial charge in [0.2, 0.25) is 0 Å². The first kappa shape index (κ1) is 13.9. The van der Waals surface area contributed by atoms with Gasteiger partial charge in [-0.1, -0.05) is 6.92 Å². The van der Waals surface area contributed by atoms with E-state index in [1.54, 1.807) is 0 Å². The number of likely N-dealkylation sites (tertiary alicyclic amines) is 1. The highest BCUT2D eigenvalue weighted by atomic mass is 16.5. The number of hydrogen-bond acceptors (Lipinski definition) is 2. The fraction of sp³-hybridized carbons (Fsp3) is 1.00. The molecule has 1 N–H and O–H groups in total. The Kier molecular flexibility index (Phi) is 6.32. The van der Waals surface area contributed by atoms with Crippen LogP contribution in [0.2, 0.25) is 0 Å². The fourth-order valence-corrected chi connectivity index (χ4v) is 2.50. The maximum absolute atomic E-state index is 9.00. The summed E-state index contributed by atoms with van der Waals surface area (Å²) in [6, 6.07) is 0. The smallest absolute Gasteiger partial charge is 0.0806 e. The lowest BCUT2D eigenvalue weighted by Gasteiger charge is -2.37. The Labute approximate surface area is 100.0 Å². The molecule has 0 bridgehead atoms. The van der Waals surface area contributed by atoms with Crippen LogP contribution in [0.15, 0.2) is 0 Å². The number of nitrogens with zero attached hydrogens (tertiary/aromatic N) is 1. The predicted molar refractivity (Wildman–Crippen MR) is 66.4 cm³/mol. The summed E-state index contributed by atoms with van der Waals surface area (Å²) in [5, 5.41) is 9.00. The molecular formula is C13H28NO2+. The third-order valence-corrected chi connectivity index (χ3v) is 3.75. The van der Waals surface area contributed by atoms with Crippen molar-refractivity contribution in [2.45, 2.75) is 45.1 Å². The Balaban J connectivity index is 2.09. The zero-order valence-corrected chi connectivity index (χ0v) is 11.0. The number of ether oxygens (including phenoxy) is 1. The van der Waals surface area contributed by atoms with Crippen molar-refractivity contribution in [1.29, 1.82) is 0 Å². The van der Waals surface area contributed by atoms with E-state index in [0.717, 1.165) is 19.4 Å². The summed E-state index contributed by atoms with van der Waals surface area (Å²) in [7, 11) is 2.36. The lowest BCUT2D eigenvalue weighted by Crippen LogP contribution is -2.48. The van der Waals surface area contributed by atoms with Crippen molar-refractivity contribution in [3.05, 3.63) is 0 Å². The molecule has 0 amide bonds. The Morgan fingerprint density at radius 3 is 2.50 bits per heavy atom. The Morgan fingerprint density at radius 2 is 1.94 bits per heavy atom. The number of piperidine rings is 1. The number of quaternary nitrogens is 1. The summed E-state index contributed by atoms with van der Waals surface area (Å²) in [4.78, 5) is 0. The SMILES string of the molecule is CCC(CO)OCCC[N+]1(C)CCCCC1. The predicted octanol–water partition coefficient (Wildman–Crippen LogP) is 1.79. The molecule has 3 heteroatoms. The van der Waals surface area contributed by atoms with Gasteiger partial charge in [0.25, 0.3) is 0 Å². The van der Waals surface area contributed by atoms with E-state index in [1.165, 1.54) is 43.4 Å². The molecule has 1 aliphatic rings. The van der Waals surface area contributed by atoms with Gasteiger partial charge in [-0.15, -0.1) is 0 Å². The molecule has 0 spiro atoms. The van der Waals surface area contributed by atoms with Crippen LogP contribution in [0.1, 0.15) is 39.0 Å². The normalized spacial score (nSPS) is 21.9. The second-order valence-corrected chi connectivity index (χ2v) is 5.29. The van der Waals surface area contributed by atoms with Gasteiger partial charge in [-0.05, 0) is 25.7 Å². The quantitative estimate of drug-likeness (QED) is 0.534. The molecular weight excluding hydrogens is 202 g/mol. The molecule has 96 valence electrons. The van der Waals surface area contributed by atoms with Gasteiger partial charge in [-0.25, -0.2) is 0 Å². The molecule has 0 saturated carbocycles. The van der Waals surface area contributed by atoms with E-state index < -0.39 is 0 Å². The van der Waals surface area contributed by atoms with Crippen LogP contribution in [-0.2, 0) is 4.74 Å². The highest BCUT2D eigenvalue weighted by Crippen LogP contribution is 2.16. The Morgan fingerprint density at radius 1 is 1.25 bits per heavy atom. The monoisotopic (exact) mass is 230 g/mol. The topological polar surface area (TPSA) is 29.5 Å². The number of hydrogen-bond donors (Lipinski definition) is 1. The number of aliphatic hydroxyl groups excluding tert-OH is 1. The second-order valence-electron chi connectivity index (χ2n) is 5.29. The molecule has 16 heavy (non-hydrogen) atoms. The summed E-state index contributed by atoms with van der Waals surface area (Å²) in [6.07, 6.45) is 6.24. The Bertz CT molecular complexity index is 175. The van der Waals surface area contributed by atoms with Crippen LogP contribution in [0.5, 0.6) is 0 Å². The van der Waals surface area contributed by atoms with Crippen LogP contribution >= 0.6 is 0 Å². The summed E-state index contributed by atoms with van der Waals surface area (Å²) in [6.45, 7) is 6.89. The third kappa shape index (κ3) is 4.81. The summed E-state index contributed by atoms with van der Waals surface area (Å²) in [5.41, 5.74) is 0. The first-order valence-corrected chi connectivity index (χ1v) is 6.76. The number of rotatable bonds is 7. The molecule has 0 aromatic heterocycles. The van der Waals surface area contributed by atoms with Gasteiger partial charge in [0.05, 0.1) is 46.0 Å². The highest BCUT2D eigenvalue weighted by Gasteiger charge is 2.23. The summed E-state index contributed by atoms with van der Waals surface area (Å²) < 4.78 is 6.84. The molecule has 0 aromatic carbocycles. The van der Waals surface area contributed by atoms with Crippen LogP contribution in [0, 0.1) is 0 Å². The van der Waals surface area contributed by atoms with E-state index >= 15 is 0 Å². The van der Waals surface area contributed by atoms with Crippen LogP contribution < -0.4 is 0 Å². The van der Waals surface area contributed by atoms with Gasteiger partial charge in [0.1, 0.15) is 0 Å². The summed E-state index contributed by atoms with van der Waals surface area (Å²) in [5.74, 6) is 0. The van der Waals surface area contributed by atoms with Gasteiger partial charge in [-0.2, -0.15) is 0 Å². The molecule has 1 aliphatic heterocycles. The van der Waals surface area contributed by atoms with E-state index in [-0.39, 0.29) is 12.7 Å². The van der Waals surface area contributed by atoms with Gasteiger partial charge in [0, 0.05) is 6.42 Å². The zero-order chi connectivity index (χ0) is 11.9. The fourth-order valence-electron chi connectivity index (χ4n) is 2.50. The molecule has 1 rings (SSSR count). The summed E-state index contributed by atoms with van der Waals surface area (Å²) >= 11 is 0. The van der Waals surface area contributed by atoms with E-state index in [2.05, 4.69) is 14.0 Å². The van der Waals surface area contributed by atoms with E-state index in [9.17, 15) is 0 Å². The molecule has 0 aromatic rings. The minimum atomic E-state index is 0.0478.